The van der Waals surface area contributed by atoms with Crippen LogP contribution in [0, 0.1) is 5.82 Å². The molecule has 0 spiro atoms. The number of carbonyl (C=O) groups is 1. The molecule has 1 saturated heterocycles. The quantitative estimate of drug-likeness (QED) is 0.826. The Morgan fingerprint density at radius 1 is 1.41 bits per heavy atom. The minimum Gasteiger partial charge on any atom is -0.346 e. The molecule has 4 nitrogen and oxygen atoms in total. The fraction of sp³-hybridized carbons (Fsp3) is 0.500. The van der Waals surface area contributed by atoms with Gasteiger partial charge in [-0.1, -0.05) is 12.1 Å². The summed E-state index contributed by atoms with van der Waals surface area (Å²) in [5.41, 5.74) is 0.691. The number of benzene rings is 1. The van der Waals surface area contributed by atoms with E-state index in [9.17, 15) is 22.4 Å². The third kappa shape index (κ3) is 4.96. The first kappa shape index (κ1) is 16.7. The molecule has 1 aromatic carbocycles. The van der Waals surface area contributed by atoms with Crippen LogP contribution in [0.1, 0.15) is 11.6 Å². The van der Waals surface area contributed by atoms with Gasteiger partial charge in [-0.2, -0.15) is 13.2 Å². The number of hydrogen-bond acceptors (Lipinski definition) is 3. The van der Waals surface area contributed by atoms with E-state index in [-0.39, 0.29) is 18.4 Å². The summed E-state index contributed by atoms with van der Waals surface area (Å²) in [5, 5.41) is 4.99. The summed E-state index contributed by atoms with van der Waals surface area (Å²) in [6.07, 6.45) is -4.43. The third-order valence-corrected chi connectivity index (χ3v) is 3.42. The maximum absolute atomic E-state index is 13.3. The standard InChI is InChI=1S/C14H17F4N3O/c15-11-3-1-2-10(6-11)12-7-19-4-5-21(12)8-13(22)20-9-14(16,17)18/h1-3,6,12,19H,4-5,7-9H2,(H,20,22). The van der Waals surface area contributed by atoms with Crippen molar-refractivity contribution < 1.29 is 22.4 Å². The predicted octanol–water partition coefficient (Wildman–Crippen LogP) is 1.45. The molecule has 0 aliphatic carbocycles. The SMILES string of the molecule is O=C(CN1CCNCC1c1cccc(F)c1)NCC(F)(F)F. The highest BCUT2D eigenvalue weighted by Gasteiger charge is 2.29. The van der Waals surface area contributed by atoms with Gasteiger partial charge < -0.3 is 10.6 Å². The molecule has 1 unspecified atom stereocenters. The van der Waals surface area contributed by atoms with Gasteiger partial charge >= 0.3 is 6.18 Å². The molecule has 1 aliphatic heterocycles. The summed E-state index contributed by atoms with van der Waals surface area (Å²) < 4.78 is 49.6. The zero-order valence-corrected chi connectivity index (χ0v) is 11.8. The van der Waals surface area contributed by atoms with E-state index in [1.54, 1.807) is 17.0 Å². The molecule has 0 saturated carbocycles. The number of amides is 1. The first-order valence-corrected chi connectivity index (χ1v) is 6.89. The molecular weight excluding hydrogens is 302 g/mol. The van der Waals surface area contributed by atoms with Crippen molar-refractivity contribution in [2.24, 2.45) is 0 Å². The van der Waals surface area contributed by atoms with Gasteiger partial charge in [0.15, 0.2) is 0 Å². The van der Waals surface area contributed by atoms with Crippen molar-refractivity contribution >= 4 is 5.91 Å². The molecule has 0 aromatic heterocycles. The van der Waals surface area contributed by atoms with E-state index in [1.807, 2.05) is 5.32 Å². The van der Waals surface area contributed by atoms with E-state index in [4.69, 9.17) is 0 Å². The molecule has 22 heavy (non-hydrogen) atoms. The van der Waals surface area contributed by atoms with Crippen molar-refractivity contribution in [1.29, 1.82) is 0 Å². The normalized spacial score (nSPS) is 19.9. The maximum atomic E-state index is 13.3. The molecule has 2 rings (SSSR count). The van der Waals surface area contributed by atoms with Crippen LogP contribution >= 0.6 is 0 Å². The van der Waals surface area contributed by atoms with Crippen molar-refractivity contribution in [3.8, 4) is 0 Å². The Hall–Kier alpha value is -1.67. The second-order valence-electron chi connectivity index (χ2n) is 5.14. The lowest BCUT2D eigenvalue weighted by molar-refractivity contribution is -0.139. The van der Waals surface area contributed by atoms with E-state index >= 15 is 0 Å². The number of hydrogen-bond donors (Lipinski definition) is 2. The Kier molecular flexibility index (Phi) is 5.36. The average molecular weight is 319 g/mol. The summed E-state index contributed by atoms with van der Waals surface area (Å²) >= 11 is 0. The summed E-state index contributed by atoms with van der Waals surface area (Å²) in [6.45, 7) is 0.135. The van der Waals surface area contributed by atoms with Crippen LogP contribution in [-0.2, 0) is 4.79 Å². The topological polar surface area (TPSA) is 44.4 Å². The van der Waals surface area contributed by atoms with Crippen LogP contribution in [0.4, 0.5) is 17.6 Å². The van der Waals surface area contributed by atoms with Gasteiger partial charge in [-0.15, -0.1) is 0 Å². The average Bonchev–Trinajstić information content (AvgIpc) is 2.45. The van der Waals surface area contributed by atoms with Crippen molar-refractivity contribution in [1.82, 2.24) is 15.5 Å². The number of piperazine rings is 1. The number of alkyl halides is 3. The molecule has 2 N–H and O–H groups in total. The van der Waals surface area contributed by atoms with Gasteiger partial charge in [-0.05, 0) is 17.7 Å². The molecule has 0 radical (unpaired) electrons. The van der Waals surface area contributed by atoms with Crippen LogP contribution in [0.3, 0.4) is 0 Å². The molecule has 0 bridgehead atoms. The predicted molar refractivity (Wildman–Crippen MR) is 72.6 cm³/mol. The largest absolute Gasteiger partial charge is 0.405 e. The van der Waals surface area contributed by atoms with Gasteiger partial charge in [0.2, 0.25) is 5.91 Å². The molecule has 1 heterocycles. The van der Waals surface area contributed by atoms with Crippen LogP contribution in [0.2, 0.25) is 0 Å². The smallest absolute Gasteiger partial charge is 0.346 e. The molecule has 122 valence electrons. The highest BCUT2D eigenvalue weighted by molar-refractivity contribution is 5.78. The Morgan fingerprint density at radius 3 is 2.86 bits per heavy atom. The van der Waals surface area contributed by atoms with E-state index in [0.717, 1.165) is 0 Å². The van der Waals surface area contributed by atoms with E-state index in [0.29, 0.717) is 25.2 Å². The highest BCUT2D eigenvalue weighted by Crippen LogP contribution is 2.22. The monoisotopic (exact) mass is 319 g/mol. The second-order valence-corrected chi connectivity index (χ2v) is 5.14. The van der Waals surface area contributed by atoms with Crippen LogP contribution < -0.4 is 10.6 Å². The minimum atomic E-state index is -4.43. The fourth-order valence-corrected chi connectivity index (χ4v) is 2.42. The summed E-state index contributed by atoms with van der Waals surface area (Å²) in [4.78, 5) is 13.4. The van der Waals surface area contributed by atoms with Crippen LogP contribution in [0.25, 0.3) is 0 Å². The summed E-state index contributed by atoms with van der Waals surface area (Å²) in [5.74, 6) is -1.08. The van der Waals surface area contributed by atoms with Crippen LogP contribution in [0.15, 0.2) is 24.3 Å². The van der Waals surface area contributed by atoms with Gasteiger partial charge in [0, 0.05) is 25.7 Å². The lowest BCUT2D eigenvalue weighted by atomic mass is 10.0. The maximum Gasteiger partial charge on any atom is 0.405 e. The second kappa shape index (κ2) is 7.06. The van der Waals surface area contributed by atoms with Crippen molar-refractivity contribution in [3.05, 3.63) is 35.6 Å². The Balaban J connectivity index is 1.99. The fourth-order valence-electron chi connectivity index (χ4n) is 2.42. The van der Waals surface area contributed by atoms with Gasteiger partial charge in [0.25, 0.3) is 0 Å². The van der Waals surface area contributed by atoms with E-state index in [1.165, 1.54) is 12.1 Å². The molecule has 1 aromatic rings. The zero-order valence-electron chi connectivity index (χ0n) is 11.8. The van der Waals surface area contributed by atoms with E-state index in [2.05, 4.69) is 5.32 Å². The number of halogens is 4. The van der Waals surface area contributed by atoms with Crippen molar-refractivity contribution in [2.45, 2.75) is 12.2 Å². The number of rotatable bonds is 4. The first-order chi connectivity index (χ1) is 10.3. The van der Waals surface area contributed by atoms with Gasteiger partial charge in [-0.25, -0.2) is 4.39 Å². The Morgan fingerprint density at radius 2 is 2.18 bits per heavy atom. The number of nitrogens with zero attached hydrogens (tertiary/aromatic N) is 1. The summed E-state index contributed by atoms with van der Waals surface area (Å²) in [7, 11) is 0. The summed E-state index contributed by atoms with van der Waals surface area (Å²) in [6, 6.07) is 5.75. The zero-order chi connectivity index (χ0) is 16.2. The lowest BCUT2D eigenvalue weighted by Gasteiger charge is -2.36. The van der Waals surface area contributed by atoms with Gasteiger partial charge in [-0.3, -0.25) is 9.69 Å². The van der Waals surface area contributed by atoms with Crippen molar-refractivity contribution in [2.75, 3.05) is 32.7 Å². The third-order valence-electron chi connectivity index (χ3n) is 3.42. The molecule has 1 atom stereocenters. The molecule has 1 amide bonds. The minimum absolute atomic E-state index is 0.154. The highest BCUT2D eigenvalue weighted by atomic mass is 19.4. The van der Waals surface area contributed by atoms with Crippen LogP contribution in [-0.4, -0.2) is 49.7 Å². The van der Waals surface area contributed by atoms with Crippen LogP contribution in [0.5, 0.6) is 0 Å². The molecule has 8 heteroatoms. The number of carbonyl (C=O) groups excluding carboxylic acids is 1. The molecular formula is C14H17F4N3O. The first-order valence-electron chi connectivity index (χ1n) is 6.89. The molecule has 1 fully saturated rings. The van der Waals surface area contributed by atoms with Crippen molar-refractivity contribution in [3.63, 3.8) is 0 Å². The lowest BCUT2D eigenvalue weighted by Crippen LogP contribution is -2.50. The Bertz CT molecular complexity index is 521. The van der Waals surface area contributed by atoms with Gasteiger partial charge in [0.05, 0.1) is 6.54 Å². The Labute approximate surface area is 125 Å². The van der Waals surface area contributed by atoms with E-state index < -0.39 is 18.6 Å². The number of nitrogens with one attached hydrogen (secondary N) is 2. The molecule has 1 aliphatic rings. The van der Waals surface area contributed by atoms with Gasteiger partial charge in [0.1, 0.15) is 12.4 Å².